The number of hydrogen-bond acceptors (Lipinski definition) is 4. The van der Waals surface area contributed by atoms with Gasteiger partial charge in [-0.1, -0.05) is 129 Å². The first kappa shape index (κ1) is 30.1. The molecule has 0 radical (unpaired) electrons. The van der Waals surface area contributed by atoms with Gasteiger partial charge in [-0.25, -0.2) is 4.57 Å². The molecule has 0 aromatic heterocycles. The molecule has 0 aliphatic heterocycles. The SMILES string of the molecule is CCCCCCCCCCCCCCCCCCCCOP(=O)(OC)OCCCC. The molecule has 0 saturated heterocycles. The zero-order valence-corrected chi connectivity index (χ0v) is 21.5. The van der Waals surface area contributed by atoms with E-state index in [1.54, 1.807) is 0 Å². The highest BCUT2D eigenvalue weighted by Crippen LogP contribution is 2.48. The summed E-state index contributed by atoms with van der Waals surface area (Å²) in [6, 6.07) is 0. The van der Waals surface area contributed by atoms with E-state index in [-0.39, 0.29) is 0 Å². The smallest absolute Gasteiger partial charge is 0.290 e. The summed E-state index contributed by atoms with van der Waals surface area (Å²) in [6.07, 6.45) is 26.3. The molecule has 1 unspecified atom stereocenters. The summed E-state index contributed by atoms with van der Waals surface area (Å²) in [5.41, 5.74) is 0. The highest BCUT2D eigenvalue weighted by molar-refractivity contribution is 7.48. The minimum Gasteiger partial charge on any atom is -0.290 e. The molecule has 0 aliphatic rings. The summed E-state index contributed by atoms with van der Waals surface area (Å²) < 4.78 is 27.7. The zero-order chi connectivity index (χ0) is 22.2. The van der Waals surface area contributed by atoms with Crippen molar-refractivity contribution in [1.82, 2.24) is 0 Å². The molecule has 0 fully saturated rings. The Labute approximate surface area is 188 Å². The normalized spacial score (nSPS) is 13.6. The molecule has 0 N–H and O–H groups in total. The van der Waals surface area contributed by atoms with Crippen LogP contribution in [-0.4, -0.2) is 20.3 Å². The van der Waals surface area contributed by atoms with Gasteiger partial charge in [0.05, 0.1) is 13.2 Å². The summed E-state index contributed by atoms with van der Waals surface area (Å²) >= 11 is 0. The first-order valence-corrected chi connectivity index (χ1v) is 14.6. The van der Waals surface area contributed by atoms with E-state index < -0.39 is 7.82 Å². The lowest BCUT2D eigenvalue weighted by Gasteiger charge is -2.15. The molecule has 0 saturated carbocycles. The molecule has 0 heterocycles. The molecule has 30 heavy (non-hydrogen) atoms. The quantitative estimate of drug-likeness (QED) is 0.103. The minimum absolute atomic E-state index is 0.431. The van der Waals surface area contributed by atoms with Crippen molar-refractivity contribution in [2.75, 3.05) is 20.3 Å². The zero-order valence-electron chi connectivity index (χ0n) is 20.6. The van der Waals surface area contributed by atoms with Crippen molar-refractivity contribution in [3.63, 3.8) is 0 Å². The Morgan fingerprint density at radius 1 is 0.467 bits per heavy atom. The molecule has 0 spiro atoms. The van der Waals surface area contributed by atoms with Crippen molar-refractivity contribution in [3.8, 4) is 0 Å². The highest BCUT2D eigenvalue weighted by atomic mass is 31.2. The van der Waals surface area contributed by atoms with Gasteiger partial charge in [0.2, 0.25) is 0 Å². The lowest BCUT2D eigenvalue weighted by Crippen LogP contribution is -2.01. The number of hydrogen-bond donors (Lipinski definition) is 0. The molecule has 4 nitrogen and oxygen atoms in total. The largest absolute Gasteiger partial charge is 0.474 e. The van der Waals surface area contributed by atoms with Gasteiger partial charge < -0.3 is 0 Å². The van der Waals surface area contributed by atoms with Crippen LogP contribution in [0.25, 0.3) is 0 Å². The third kappa shape index (κ3) is 21.3. The standard InChI is InChI=1S/C25H53O4P/c1-4-6-8-9-10-11-12-13-14-15-16-17-18-19-20-21-22-23-25-29-30(26,27-3)28-24-7-5-2/h4-25H2,1-3H3. The van der Waals surface area contributed by atoms with Gasteiger partial charge in [-0.2, -0.15) is 0 Å². The Morgan fingerprint density at radius 3 is 1.10 bits per heavy atom. The van der Waals surface area contributed by atoms with Gasteiger partial charge >= 0.3 is 7.82 Å². The number of phosphoric ester groups is 1. The second kappa shape index (κ2) is 23.8. The van der Waals surface area contributed by atoms with E-state index in [4.69, 9.17) is 13.6 Å². The Balaban J connectivity index is 3.25. The molecule has 0 aromatic rings. The fourth-order valence-electron chi connectivity index (χ4n) is 3.64. The van der Waals surface area contributed by atoms with Crippen LogP contribution in [0.2, 0.25) is 0 Å². The van der Waals surface area contributed by atoms with Crippen LogP contribution in [0.15, 0.2) is 0 Å². The molecule has 0 rings (SSSR count). The summed E-state index contributed by atoms with van der Waals surface area (Å²) in [4.78, 5) is 0. The fourth-order valence-corrected chi connectivity index (χ4v) is 4.63. The lowest BCUT2D eigenvalue weighted by atomic mass is 10.0. The first-order chi connectivity index (χ1) is 14.7. The lowest BCUT2D eigenvalue weighted by molar-refractivity contribution is 0.128. The van der Waals surface area contributed by atoms with Gasteiger partial charge in [0, 0.05) is 7.11 Å². The predicted molar refractivity (Wildman–Crippen MR) is 130 cm³/mol. The van der Waals surface area contributed by atoms with E-state index in [9.17, 15) is 4.57 Å². The van der Waals surface area contributed by atoms with E-state index in [1.807, 2.05) is 0 Å². The number of unbranched alkanes of at least 4 members (excludes halogenated alkanes) is 18. The monoisotopic (exact) mass is 448 g/mol. The van der Waals surface area contributed by atoms with Crippen LogP contribution >= 0.6 is 7.82 Å². The van der Waals surface area contributed by atoms with E-state index >= 15 is 0 Å². The maximum absolute atomic E-state index is 12.2. The van der Waals surface area contributed by atoms with Crippen LogP contribution in [-0.2, 0) is 18.1 Å². The maximum Gasteiger partial charge on any atom is 0.474 e. The summed E-state index contributed by atoms with van der Waals surface area (Å²) in [7, 11) is -1.93. The molecule has 0 amide bonds. The van der Waals surface area contributed by atoms with Crippen LogP contribution in [0.3, 0.4) is 0 Å². The van der Waals surface area contributed by atoms with E-state index in [1.165, 1.54) is 110 Å². The molecule has 0 bridgehead atoms. The third-order valence-corrected chi connectivity index (χ3v) is 7.16. The second-order valence-electron chi connectivity index (χ2n) is 8.66. The van der Waals surface area contributed by atoms with Crippen molar-refractivity contribution in [3.05, 3.63) is 0 Å². The molecular weight excluding hydrogens is 395 g/mol. The van der Waals surface area contributed by atoms with E-state index in [0.29, 0.717) is 13.2 Å². The Kier molecular flexibility index (Phi) is 23.9. The van der Waals surface area contributed by atoms with Crippen molar-refractivity contribution in [2.45, 2.75) is 142 Å². The van der Waals surface area contributed by atoms with Crippen LogP contribution < -0.4 is 0 Å². The fraction of sp³-hybridized carbons (Fsp3) is 1.00. The average molecular weight is 449 g/mol. The molecule has 1 atom stereocenters. The minimum atomic E-state index is -3.32. The van der Waals surface area contributed by atoms with Crippen LogP contribution in [0.5, 0.6) is 0 Å². The highest BCUT2D eigenvalue weighted by Gasteiger charge is 2.23. The Bertz CT molecular complexity index is 376. The molecule has 0 aliphatic carbocycles. The van der Waals surface area contributed by atoms with Crippen molar-refractivity contribution in [2.24, 2.45) is 0 Å². The van der Waals surface area contributed by atoms with Crippen LogP contribution in [0.1, 0.15) is 142 Å². The molecule has 5 heteroatoms. The summed E-state index contributed by atoms with van der Waals surface area (Å²) in [5, 5.41) is 0. The number of phosphoric acid groups is 1. The predicted octanol–water partition coefficient (Wildman–Crippen LogP) is 9.62. The summed E-state index contributed by atoms with van der Waals surface area (Å²) in [6.45, 7) is 5.24. The van der Waals surface area contributed by atoms with E-state index in [0.717, 1.165) is 25.7 Å². The average Bonchev–Trinajstić information content (AvgIpc) is 2.75. The topological polar surface area (TPSA) is 44.8 Å². The van der Waals surface area contributed by atoms with Crippen molar-refractivity contribution >= 4 is 7.82 Å². The van der Waals surface area contributed by atoms with Gasteiger partial charge in [0.25, 0.3) is 0 Å². The Hall–Kier alpha value is 0.110. The first-order valence-electron chi connectivity index (χ1n) is 13.1. The Morgan fingerprint density at radius 2 is 0.767 bits per heavy atom. The van der Waals surface area contributed by atoms with Crippen LogP contribution in [0.4, 0.5) is 0 Å². The molecular formula is C25H53O4P. The van der Waals surface area contributed by atoms with Gasteiger partial charge in [0.15, 0.2) is 0 Å². The number of rotatable bonds is 25. The molecule has 182 valence electrons. The molecule has 0 aromatic carbocycles. The van der Waals surface area contributed by atoms with Gasteiger partial charge in [-0.15, -0.1) is 0 Å². The third-order valence-electron chi connectivity index (χ3n) is 5.72. The van der Waals surface area contributed by atoms with Gasteiger partial charge in [-0.05, 0) is 12.8 Å². The maximum atomic E-state index is 12.2. The van der Waals surface area contributed by atoms with Gasteiger partial charge in [-0.3, -0.25) is 13.6 Å². The van der Waals surface area contributed by atoms with E-state index in [2.05, 4.69) is 13.8 Å². The second-order valence-corrected chi connectivity index (χ2v) is 10.4. The van der Waals surface area contributed by atoms with Crippen molar-refractivity contribution in [1.29, 1.82) is 0 Å². The van der Waals surface area contributed by atoms with Crippen LogP contribution in [0, 0.1) is 0 Å². The van der Waals surface area contributed by atoms with Crippen molar-refractivity contribution < 1.29 is 18.1 Å². The van der Waals surface area contributed by atoms with Gasteiger partial charge in [0.1, 0.15) is 0 Å². The summed E-state index contributed by atoms with van der Waals surface area (Å²) in [5.74, 6) is 0.